The summed E-state index contributed by atoms with van der Waals surface area (Å²) in [5.74, 6) is -10.1. The first kappa shape index (κ1) is 40.2. The lowest BCUT2D eigenvalue weighted by Gasteiger charge is -2.54. The predicted molar refractivity (Wildman–Crippen MR) is 194 cm³/mol. The Labute approximate surface area is 312 Å². The maximum Gasteiger partial charge on any atom is 0.320 e. The lowest BCUT2D eigenvalue weighted by molar-refractivity contribution is -0.180. The van der Waals surface area contributed by atoms with Crippen LogP contribution < -0.4 is 16.4 Å². The fourth-order valence-corrected chi connectivity index (χ4v) is 9.81. The van der Waals surface area contributed by atoms with Gasteiger partial charge in [0.25, 0.3) is 5.91 Å². The van der Waals surface area contributed by atoms with Crippen LogP contribution in [-0.2, 0) is 23.9 Å². The average Bonchev–Trinajstić information content (AvgIpc) is 3.64. The Balaban J connectivity index is 1.55. The number of ketones is 2. The van der Waals surface area contributed by atoms with Crippen molar-refractivity contribution in [2.75, 3.05) is 33.1 Å². The number of esters is 1. The van der Waals surface area contributed by atoms with Crippen LogP contribution in [0.2, 0.25) is 0 Å². The molecular weight excluding hydrogens is 708 g/mol. The molecule has 1 fully saturated rings. The quantitative estimate of drug-likeness (QED) is 0.0552. The number of unbranched alkanes of at least 4 members (excludes halogenated alkanes) is 1. The van der Waals surface area contributed by atoms with E-state index in [1.807, 2.05) is 0 Å². The molecule has 7 atom stereocenters. The second-order valence-electron chi connectivity index (χ2n) is 14.4. The molecule has 290 valence electrons. The molecule has 0 aliphatic heterocycles. The lowest BCUT2D eigenvalue weighted by Crippen LogP contribution is -2.69. The van der Waals surface area contributed by atoms with E-state index in [2.05, 4.69) is 10.6 Å². The van der Waals surface area contributed by atoms with E-state index in [9.17, 15) is 44.4 Å². The predicted octanol–water partition coefficient (Wildman–Crippen LogP) is 2.03. The van der Waals surface area contributed by atoms with Crippen LogP contribution in [0.1, 0.15) is 80.1 Å². The van der Waals surface area contributed by atoms with E-state index in [1.54, 1.807) is 30.8 Å². The summed E-state index contributed by atoms with van der Waals surface area (Å²) < 4.78 is 6.07. The smallest absolute Gasteiger partial charge is 0.320 e. The summed E-state index contributed by atoms with van der Waals surface area (Å²) in [5, 5.41) is 62.1. The molecule has 1 amide bonds. The van der Waals surface area contributed by atoms with Crippen molar-refractivity contribution in [3.8, 4) is 5.75 Å². The molecule has 0 aromatic heterocycles. The molecule has 15 nitrogen and oxygen atoms in total. The second-order valence-corrected chi connectivity index (χ2v) is 15.8. The second kappa shape index (κ2) is 16.6. The maximum absolute atomic E-state index is 14.5. The van der Waals surface area contributed by atoms with Crippen LogP contribution in [0.3, 0.4) is 0 Å². The minimum absolute atomic E-state index is 0.0928. The van der Waals surface area contributed by atoms with Gasteiger partial charge in [-0.1, -0.05) is 38.3 Å². The molecule has 0 bridgehead atoms. The number of aliphatic carboxylic acids is 1. The zero-order valence-corrected chi connectivity index (χ0v) is 31.0. The molecule has 4 aliphatic carbocycles. The standard InChI is InChI=1S/C37H50N4O11S/c1-4-23(43)52-32-25-20(16-53-18-10-5-6-11-18)19-12-9-14-22(42)24(19)30(44)26(25)33(46)37(51)28(32)29(41(2)3)31(45)27(34(37)47)35(48)40-17-39-15-8-7-13-21(38)36(49)50/h9,12,14,18,20-21,25,28-29,32,39,42,45-46,51H,4-8,10-11,13,15-17,38H2,1-3H3,(H,40,48)(H,49,50)/t20-,21?,25+,28+,29+,32-,37-/m0/s1. The van der Waals surface area contributed by atoms with Crippen molar-refractivity contribution in [1.82, 2.24) is 15.5 Å². The Morgan fingerprint density at radius 2 is 1.81 bits per heavy atom. The normalized spacial score (nSPS) is 27.7. The number of thioether (sulfide) groups is 1. The largest absolute Gasteiger partial charge is 0.510 e. The van der Waals surface area contributed by atoms with Gasteiger partial charge in [-0.15, -0.1) is 0 Å². The number of aliphatic hydroxyl groups is 3. The number of carbonyl (C=O) groups is 5. The Hall–Kier alpha value is -3.96. The zero-order chi connectivity index (χ0) is 38.8. The highest BCUT2D eigenvalue weighted by molar-refractivity contribution is 7.99. The number of aliphatic hydroxyl groups excluding tert-OH is 2. The highest BCUT2D eigenvalue weighted by Crippen LogP contribution is 2.57. The van der Waals surface area contributed by atoms with E-state index in [4.69, 9.17) is 15.6 Å². The van der Waals surface area contributed by atoms with E-state index in [1.165, 1.54) is 25.1 Å². The van der Waals surface area contributed by atoms with Crippen LogP contribution in [0.15, 0.2) is 40.9 Å². The van der Waals surface area contributed by atoms with Gasteiger partial charge in [0.1, 0.15) is 35.0 Å². The van der Waals surface area contributed by atoms with Crippen LogP contribution in [-0.4, -0.2) is 122 Å². The summed E-state index contributed by atoms with van der Waals surface area (Å²) in [5.41, 5.74) is 1.67. The summed E-state index contributed by atoms with van der Waals surface area (Å²) in [4.78, 5) is 68.0. The molecular formula is C37H50N4O11S. The van der Waals surface area contributed by atoms with Gasteiger partial charge in [0.05, 0.1) is 24.2 Å². The van der Waals surface area contributed by atoms with Crippen molar-refractivity contribution >= 4 is 41.2 Å². The number of carboxylic acids is 1. The number of rotatable bonds is 15. The van der Waals surface area contributed by atoms with Gasteiger partial charge >= 0.3 is 11.9 Å². The number of phenols is 1. The monoisotopic (exact) mass is 758 g/mol. The number of amides is 1. The van der Waals surface area contributed by atoms with Crippen molar-refractivity contribution in [3.63, 3.8) is 0 Å². The number of nitrogens with two attached hydrogens (primary N) is 1. The molecule has 0 saturated heterocycles. The van der Waals surface area contributed by atoms with Gasteiger partial charge in [-0.05, 0) is 58.0 Å². The first-order chi connectivity index (χ1) is 25.2. The molecule has 5 rings (SSSR count). The summed E-state index contributed by atoms with van der Waals surface area (Å²) in [6.45, 7) is 1.74. The molecule has 0 radical (unpaired) electrons. The van der Waals surface area contributed by atoms with Crippen LogP contribution in [0, 0.1) is 11.8 Å². The van der Waals surface area contributed by atoms with Crippen LogP contribution in [0.4, 0.5) is 0 Å². The highest BCUT2D eigenvalue weighted by Gasteiger charge is 2.69. The SMILES string of the molecule is CCC(=O)O[C@H]1[C@H]2C(=C(O)[C@]3(O)C(=O)C(C(=O)NCNCCCCC(N)C(=O)O)=C(O)[C@H](N(C)C)[C@H]13)C(=O)c1c(O)cccc1[C@@H]2CSC1CCCC1. The number of benzene rings is 1. The highest BCUT2D eigenvalue weighted by atomic mass is 32.2. The maximum atomic E-state index is 14.5. The molecule has 1 saturated carbocycles. The van der Waals surface area contributed by atoms with Crippen molar-refractivity contribution in [3.05, 3.63) is 52.0 Å². The molecule has 16 heteroatoms. The van der Waals surface area contributed by atoms with Crippen LogP contribution in [0.25, 0.3) is 0 Å². The molecule has 1 aromatic rings. The number of phenolic OH excluding ortho intramolecular Hbond substituents is 1. The van der Waals surface area contributed by atoms with Gasteiger partial charge in [-0.3, -0.25) is 34.2 Å². The molecule has 53 heavy (non-hydrogen) atoms. The van der Waals surface area contributed by atoms with Crippen LogP contribution in [0.5, 0.6) is 5.75 Å². The Morgan fingerprint density at radius 3 is 2.45 bits per heavy atom. The number of ether oxygens (including phenoxy) is 1. The number of carboxylic acid groups (broad SMARTS) is 1. The molecule has 0 spiro atoms. The van der Waals surface area contributed by atoms with Gasteiger partial charge in [0, 0.05) is 34.8 Å². The van der Waals surface area contributed by atoms with Gasteiger partial charge in [0.2, 0.25) is 5.78 Å². The summed E-state index contributed by atoms with van der Waals surface area (Å²) in [7, 11) is 3.07. The fourth-order valence-electron chi connectivity index (χ4n) is 8.28. The third-order valence-corrected chi connectivity index (χ3v) is 12.4. The third-order valence-electron chi connectivity index (χ3n) is 10.9. The topological polar surface area (TPSA) is 249 Å². The number of likely N-dealkylation sites (N-methyl/N-ethyl adjacent to an activating group) is 1. The fraction of sp³-hybridized carbons (Fsp3) is 0.595. The summed E-state index contributed by atoms with van der Waals surface area (Å²) in [6, 6.07) is 2.30. The third kappa shape index (κ3) is 7.56. The Bertz CT molecular complexity index is 1690. The van der Waals surface area contributed by atoms with E-state index >= 15 is 0 Å². The first-order valence-electron chi connectivity index (χ1n) is 18.1. The average molecular weight is 759 g/mol. The zero-order valence-electron chi connectivity index (χ0n) is 30.2. The van der Waals surface area contributed by atoms with E-state index < -0.39 is 88.0 Å². The molecule has 9 N–H and O–H groups in total. The number of fused-ring (bicyclic) bond motifs is 3. The minimum atomic E-state index is -3.00. The van der Waals surface area contributed by atoms with Gasteiger partial charge in [-0.25, -0.2) is 0 Å². The van der Waals surface area contributed by atoms with E-state index in [0.717, 1.165) is 25.7 Å². The molecule has 4 aliphatic rings. The van der Waals surface area contributed by atoms with Crippen molar-refractivity contribution < 1.29 is 54.2 Å². The van der Waals surface area contributed by atoms with Gasteiger partial charge < -0.3 is 41.3 Å². The first-order valence-corrected chi connectivity index (χ1v) is 19.2. The number of Topliss-reactive ketones (excluding diaryl/α,β-unsaturated/α-hetero) is 2. The number of nitrogens with one attached hydrogen (secondary N) is 2. The van der Waals surface area contributed by atoms with E-state index in [-0.39, 0.29) is 36.4 Å². The molecule has 1 aromatic carbocycles. The van der Waals surface area contributed by atoms with Crippen molar-refractivity contribution in [1.29, 1.82) is 0 Å². The Kier molecular flexibility index (Phi) is 12.6. The summed E-state index contributed by atoms with van der Waals surface area (Å²) >= 11 is 1.68. The van der Waals surface area contributed by atoms with E-state index in [0.29, 0.717) is 36.0 Å². The number of carbonyl (C=O) groups excluding carboxylic acids is 4. The number of nitrogens with zero attached hydrogens (tertiary/aromatic N) is 1. The lowest BCUT2D eigenvalue weighted by atomic mass is 9.55. The molecule has 0 heterocycles. The Morgan fingerprint density at radius 1 is 1.11 bits per heavy atom. The van der Waals surface area contributed by atoms with Crippen LogP contribution >= 0.6 is 11.8 Å². The van der Waals surface area contributed by atoms with Gasteiger partial charge in [0.15, 0.2) is 11.4 Å². The van der Waals surface area contributed by atoms with Gasteiger partial charge in [-0.2, -0.15) is 11.8 Å². The van der Waals surface area contributed by atoms with Crippen molar-refractivity contribution in [2.24, 2.45) is 17.6 Å². The molecule has 1 unspecified atom stereocenters. The number of hydrogen-bond acceptors (Lipinski definition) is 14. The minimum Gasteiger partial charge on any atom is -0.510 e. The number of aromatic hydroxyl groups is 1. The summed E-state index contributed by atoms with van der Waals surface area (Å²) in [6.07, 6.45) is 3.89. The van der Waals surface area contributed by atoms with Crippen molar-refractivity contribution in [2.45, 2.75) is 93.2 Å². The number of hydrogen-bond donors (Lipinski definition) is 8.